The highest BCUT2D eigenvalue weighted by atomic mass is 35.5. The number of carbonyl (C=O) groups excluding carboxylic acids is 4. The van der Waals surface area contributed by atoms with E-state index in [1.54, 1.807) is 20.8 Å². The molecule has 0 bridgehead atoms. The quantitative estimate of drug-likeness (QED) is 0.0535. The van der Waals surface area contributed by atoms with Crippen molar-refractivity contribution in [2.45, 2.75) is 45.4 Å². The van der Waals surface area contributed by atoms with Crippen molar-refractivity contribution in [2.24, 2.45) is 15.7 Å². The van der Waals surface area contributed by atoms with Crippen LogP contribution in [0.25, 0.3) is 0 Å². The minimum atomic E-state index is -4.53. The van der Waals surface area contributed by atoms with Crippen LogP contribution < -0.4 is 16.4 Å². The number of hydrogen-bond acceptors (Lipinski definition) is 9. The van der Waals surface area contributed by atoms with Crippen LogP contribution in [0.4, 0.5) is 24.5 Å². The van der Waals surface area contributed by atoms with Gasteiger partial charge in [0.2, 0.25) is 0 Å². The summed E-state index contributed by atoms with van der Waals surface area (Å²) in [6, 6.07) is 14.4. The summed E-state index contributed by atoms with van der Waals surface area (Å²) in [5.74, 6) is -2.43. The molecule has 3 amide bonds. The number of rotatable bonds is 19. The van der Waals surface area contributed by atoms with Crippen LogP contribution in [0.2, 0.25) is 5.02 Å². The number of ether oxygens (including phenoxy) is 4. The maximum absolute atomic E-state index is 13.2. The lowest BCUT2D eigenvalue weighted by Gasteiger charge is -2.19. The predicted octanol–water partition coefficient (Wildman–Crippen LogP) is 6.41. The smallest absolute Gasteiger partial charge is 0.416 e. The standard InChI is InChI=1S/C38H43ClF3N5O8/c1-37(2,3)55-33(48)13-16-52-18-20-54-21-19-53-17-15-45-34(49)25-6-4-7-26(22-25)35(50)46-31-11-10-28(39)24-30(31)36(51)47-32(43)12-14-44-29-9-5-8-27(23-29)38(40,41)42/h4-11,14,22-24H,12-13,15-21H2,1-3H3,(H,45,49)(H,46,50)(H2,43,47,51). The molecule has 0 aliphatic carbocycles. The Morgan fingerprint density at radius 3 is 2.13 bits per heavy atom. The molecule has 17 heteroatoms. The fraction of sp³-hybridized carbons (Fsp3) is 0.368. The molecule has 296 valence electrons. The second-order valence-electron chi connectivity index (χ2n) is 12.6. The van der Waals surface area contributed by atoms with Gasteiger partial charge in [0.05, 0.1) is 68.6 Å². The highest BCUT2D eigenvalue weighted by Crippen LogP contribution is 2.31. The second-order valence-corrected chi connectivity index (χ2v) is 13.1. The van der Waals surface area contributed by atoms with Crippen LogP contribution in [0.3, 0.4) is 0 Å². The zero-order chi connectivity index (χ0) is 40.4. The first-order valence-corrected chi connectivity index (χ1v) is 17.4. The third-order valence-electron chi connectivity index (χ3n) is 6.95. The summed E-state index contributed by atoms with van der Waals surface area (Å²) in [6.45, 7) is 7.26. The van der Waals surface area contributed by atoms with Crippen molar-refractivity contribution >= 4 is 58.7 Å². The summed E-state index contributed by atoms with van der Waals surface area (Å²) >= 11 is 6.11. The van der Waals surface area contributed by atoms with Crippen LogP contribution in [0.1, 0.15) is 70.3 Å². The van der Waals surface area contributed by atoms with E-state index >= 15 is 0 Å². The molecule has 3 aromatic carbocycles. The zero-order valence-electron chi connectivity index (χ0n) is 30.5. The largest absolute Gasteiger partial charge is 0.460 e. The van der Waals surface area contributed by atoms with E-state index in [4.69, 9.17) is 36.3 Å². The number of esters is 1. The first kappa shape index (κ1) is 44.2. The van der Waals surface area contributed by atoms with Gasteiger partial charge in [-0.1, -0.05) is 23.7 Å². The van der Waals surface area contributed by atoms with E-state index in [0.29, 0.717) is 19.8 Å². The predicted molar refractivity (Wildman–Crippen MR) is 201 cm³/mol. The molecule has 55 heavy (non-hydrogen) atoms. The first-order valence-electron chi connectivity index (χ1n) is 17.0. The van der Waals surface area contributed by atoms with E-state index in [1.807, 2.05) is 0 Å². The van der Waals surface area contributed by atoms with Crippen LogP contribution in [0.15, 0.2) is 76.7 Å². The number of anilines is 1. The Bertz CT molecular complexity index is 1850. The lowest BCUT2D eigenvalue weighted by atomic mass is 10.1. The fourth-order valence-electron chi connectivity index (χ4n) is 4.47. The number of amidine groups is 1. The van der Waals surface area contributed by atoms with Crippen molar-refractivity contribution in [1.29, 1.82) is 0 Å². The molecule has 3 rings (SSSR count). The third kappa shape index (κ3) is 16.8. The van der Waals surface area contributed by atoms with Gasteiger partial charge >= 0.3 is 12.1 Å². The number of aliphatic imine (C=N–C) groups is 2. The van der Waals surface area contributed by atoms with Gasteiger partial charge < -0.3 is 35.3 Å². The fourth-order valence-corrected chi connectivity index (χ4v) is 4.64. The highest BCUT2D eigenvalue weighted by molar-refractivity contribution is 6.31. The highest BCUT2D eigenvalue weighted by Gasteiger charge is 2.30. The molecule has 0 saturated carbocycles. The number of nitrogens with zero attached hydrogens (tertiary/aromatic N) is 2. The van der Waals surface area contributed by atoms with Crippen LogP contribution in [-0.4, -0.2) is 87.5 Å². The summed E-state index contributed by atoms with van der Waals surface area (Å²) in [7, 11) is 0. The van der Waals surface area contributed by atoms with Gasteiger partial charge in [0.1, 0.15) is 11.4 Å². The van der Waals surface area contributed by atoms with Crippen molar-refractivity contribution in [3.8, 4) is 0 Å². The summed E-state index contributed by atoms with van der Waals surface area (Å²) < 4.78 is 60.3. The van der Waals surface area contributed by atoms with Crippen molar-refractivity contribution in [3.05, 3.63) is 94.0 Å². The minimum absolute atomic E-state index is 0.0381. The molecular formula is C38H43ClF3N5O8. The topological polar surface area (TPSA) is 180 Å². The normalized spacial score (nSPS) is 12.1. The van der Waals surface area contributed by atoms with E-state index in [1.165, 1.54) is 60.8 Å². The average molecular weight is 790 g/mol. The number of carbonyl (C=O) groups is 4. The third-order valence-corrected chi connectivity index (χ3v) is 7.19. The molecule has 0 heterocycles. The van der Waals surface area contributed by atoms with Gasteiger partial charge in [-0.2, -0.15) is 18.2 Å². The first-order chi connectivity index (χ1) is 26.0. The van der Waals surface area contributed by atoms with Crippen molar-refractivity contribution in [2.75, 3.05) is 51.5 Å². The minimum Gasteiger partial charge on any atom is -0.460 e. The van der Waals surface area contributed by atoms with Gasteiger partial charge in [-0.3, -0.25) is 24.2 Å². The van der Waals surface area contributed by atoms with E-state index in [-0.39, 0.29) is 84.1 Å². The maximum Gasteiger partial charge on any atom is 0.416 e. The lowest BCUT2D eigenvalue weighted by Crippen LogP contribution is -2.28. The van der Waals surface area contributed by atoms with Gasteiger partial charge in [0, 0.05) is 35.3 Å². The second kappa shape index (κ2) is 21.7. The van der Waals surface area contributed by atoms with Crippen molar-refractivity contribution < 1.29 is 51.3 Å². The Morgan fingerprint density at radius 2 is 1.45 bits per heavy atom. The van der Waals surface area contributed by atoms with E-state index in [2.05, 4.69) is 20.6 Å². The van der Waals surface area contributed by atoms with E-state index < -0.39 is 35.1 Å². The molecule has 0 aliphatic heterocycles. The number of nitrogens with two attached hydrogens (primary N) is 1. The van der Waals surface area contributed by atoms with Crippen molar-refractivity contribution in [1.82, 2.24) is 5.32 Å². The molecule has 0 atom stereocenters. The van der Waals surface area contributed by atoms with E-state index in [0.717, 1.165) is 12.1 Å². The maximum atomic E-state index is 13.2. The van der Waals surface area contributed by atoms with Crippen LogP contribution >= 0.6 is 11.6 Å². The summed E-state index contributed by atoms with van der Waals surface area (Å²) in [6.07, 6.45) is -3.31. The van der Waals surface area contributed by atoms with Gasteiger partial charge in [0.25, 0.3) is 17.7 Å². The number of amides is 3. The lowest BCUT2D eigenvalue weighted by molar-refractivity contribution is -0.156. The Hall–Kier alpha value is -5.16. The monoisotopic (exact) mass is 789 g/mol. The molecular weight excluding hydrogens is 747 g/mol. The number of hydrogen-bond donors (Lipinski definition) is 3. The molecule has 0 spiro atoms. The Kier molecular flexibility index (Phi) is 17.4. The molecule has 3 aromatic rings. The number of benzene rings is 3. The Balaban J connectivity index is 1.43. The van der Waals surface area contributed by atoms with Gasteiger partial charge in [-0.25, -0.2) is 0 Å². The molecule has 0 unspecified atom stereocenters. The van der Waals surface area contributed by atoms with Gasteiger partial charge in [0.15, 0.2) is 0 Å². The van der Waals surface area contributed by atoms with Crippen molar-refractivity contribution in [3.63, 3.8) is 0 Å². The molecule has 13 nitrogen and oxygen atoms in total. The molecule has 0 saturated heterocycles. The molecule has 0 radical (unpaired) electrons. The van der Waals surface area contributed by atoms with Crippen LogP contribution in [-0.2, 0) is 29.9 Å². The summed E-state index contributed by atoms with van der Waals surface area (Å²) in [5, 5.41) is 5.51. The van der Waals surface area contributed by atoms with Crippen LogP contribution in [0, 0.1) is 0 Å². The molecule has 0 aliphatic rings. The Labute approximate surface area is 321 Å². The SMILES string of the molecule is CC(C)(C)OC(=O)CCOCCOCCOCCNC(=O)c1cccc(C(=O)Nc2ccc(Cl)cc2C(=O)N=C(N)CC=Nc2cccc(C(F)(F)F)c2)c1. The summed E-state index contributed by atoms with van der Waals surface area (Å²) in [5.41, 5.74) is 4.83. The van der Waals surface area contributed by atoms with Gasteiger partial charge in [-0.05, 0) is 75.4 Å². The summed E-state index contributed by atoms with van der Waals surface area (Å²) in [4.78, 5) is 58.4. The molecule has 0 fully saturated rings. The number of halogens is 4. The number of alkyl halides is 3. The number of nitrogens with one attached hydrogen (secondary N) is 2. The molecule has 4 N–H and O–H groups in total. The van der Waals surface area contributed by atoms with Gasteiger partial charge in [-0.15, -0.1) is 0 Å². The zero-order valence-corrected chi connectivity index (χ0v) is 31.3. The average Bonchev–Trinajstić information content (AvgIpc) is 3.11. The van der Waals surface area contributed by atoms with E-state index in [9.17, 15) is 32.3 Å². The molecule has 0 aromatic heterocycles. The van der Waals surface area contributed by atoms with Crippen LogP contribution in [0.5, 0.6) is 0 Å². The Morgan fingerprint density at radius 1 is 0.818 bits per heavy atom.